The van der Waals surface area contributed by atoms with Crippen molar-refractivity contribution in [1.82, 2.24) is 0 Å². The van der Waals surface area contributed by atoms with Gasteiger partial charge in [-0.05, 0) is 35.0 Å². The van der Waals surface area contributed by atoms with Gasteiger partial charge in [-0.1, -0.05) is 28.1 Å². The van der Waals surface area contributed by atoms with E-state index < -0.39 is 37.3 Å². The van der Waals surface area contributed by atoms with Crippen molar-refractivity contribution in [3.8, 4) is 5.75 Å². The maximum absolute atomic E-state index is 9.98. The Labute approximate surface area is 141 Å². The predicted molar refractivity (Wildman–Crippen MR) is 86.0 cm³/mol. The molecule has 1 aliphatic rings. The first-order chi connectivity index (χ1) is 11.0. The van der Waals surface area contributed by atoms with Gasteiger partial charge in [-0.2, -0.15) is 0 Å². The van der Waals surface area contributed by atoms with Gasteiger partial charge in [0.15, 0.2) is 0 Å². The Morgan fingerprint density at radius 3 is 2.39 bits per heavy atom. The van der Waals surface area contributed by atoms with Gasteiger partial charge in [-0.25, -0.2) is 0 Å². The summed E-state index contributed by atoms with van der Waals surface area (Å²) in [6.45, 7) is -0.490. The lowest BCUT2D eigenvalue weighted by Crippen LogP contribution is -2.60. The molecule has 3 rings (SSSR count). The molecule has 5 atom stereocenters. The first-order valence-corrected chi connectivity index (χ1v) is 7.95. The molecule has 0 unspecified atom stereocenters. The van der Waals surface area contributed by atoms with E-state index in [9.17, 15) is 20.4 Å². The van der Waals surface area contributed by atoms with Gasteiger partial charge in [-0.3, -0.25) is 0 Å². The van der Waals surface area contributed by atoms with Crippen LogP contribution in [-0.4, -0.2) is 57.7 Å². The molecule has 7 heteroatoms. The summed E-state index contributed by atoms with van der Waals surface area (Å²) in [6.07, 6.45) is -6.45. The van der Waals surface area contributed by atoms with Crippen LogP contribution < -0.4 is 4.74 Å². The van der Waals surface area contributed by atoms with Gasteiger partial charge >= 0.3 is 0 Å². The highest BCUT2D eigenvalue weighted by Gasteiger charge is 2.44. The summed E-state index contributed by atoms with van der Waals surface area (Å²) in [5.74, 6) is 0.448. The first kappa shape index (κ1) is 16.6. The molecule has 2 aromatic rings. The van der Waals surface area contributed by atoms with E-state index in [4.69, 9.17) is 9.47 Å². The van der Waals surface area contributed by atoms with Gasteiger partial charge in [0.1, 0.15) is 30.2 Å². The van der Waals surface area contributed by atoms with Gasteiger partial charge < -0.3 is 29.9 Å². The number of fused-ring (bicyclic) bond motifs is 1. The lowest BCUT2D eigenvalue weighted by Gasteiger charge is -2.39. The van der Waals surface area contributed by atoms with Gasteiger partial charge in [-0.15, -0.1) is 0 Å². The van der Waals surface area contributed by atoms with Gasteiger partial charge in [0, 0.05) is 4.47 Å². The van der Waals surface area contributed by atoms with Crippen molar-refractivity contribution in [3.63, 3.8) is 0 Å². The zero-order valence-electron chi connectivity index (χ0n) is 12.0. The summed E-state index contributed by atoms with van der Waals surface area (Å²) in [6, 6.07) is 11.1. The van der Waals surface area contributed by atoms with E-state index in [1.807, 2.05) is 24.3 Å². The smallest absolute Gasteiger partial charge is 0.229 e. The van der Waals surface area contributed by atoms with Gasteiger partial charge in [0.25, 0.3) is 0 Å². The van der Waals surface area contributed by atoms with Crippen LogP contribution in [0.4, 0.5) is 0 Å². The number of aliphatic hydroxyl groups excluding tert-OH is 4. The number of aliphatic hydroxyl groups is 4. The highest BCUT2D eigenvalue weighted by molar-refractivity contribution is 9.10. The number of rotatable bonds is 3. The Balaban J connectivity index is 1.81. The average molecular weight is 385 g/mol. The minimum Gasteiger partial charge on any atom is -0.462 e. The summed E-state index contributed by atoms with van der Waals surface area (Å²) in [5.41, 5.74) is 0. The minimum absolute atomic E-state index is 0.448. The van der Waals surface area contributed by atoms with Crippen molar-refractivity contribution >= 4 is 26.7 Å². The Kier molecular flexibility index (Phi) is 4.86. The monoisotopic (exact) mass is 384 g/mol. The molecule has 6 nitrogen and oxygen atoms in total. The van der Waals surface area contributed by atoms with E-state index in [-0.39, 0.29) is 0 Å². The molecule has 0 bridgehead atoms. The van der Waals surface area contributed by atoms with Crippen molar-refractivity contribution in [2.24, 2.45) is 0 Å². The summed E-state index contributed by atoms with van der Waals surface area (Å²) in [4.78, 5) is 0. The maximum atomic E-state index is 9.98. The van der Waals surface area contributed by atoms with Crippen molar-refractivity contribution in [2.75, 3.05) is 6.61 Å². The van der Waals surface area contributed by atoms with Crippen LogP contribution in [0.5, 0.6) is 5.75 Å². The third-order valence-electron chi connectivity index (χ3n) is 3.87. The lowest BCUT2D eigenvalue weighted by atomic mass is 9.99. The molecule has 1 aliphatic heterocycles. The average Bonchev–Trinajstić information content (AvgIpc) is 2.55. The Hall–Kier alpha value is -1.22. The largest absolute Gasteiger partial charge is 0.462 e. The second kappa shape index (κ2) is 6.72. The van der Waals surface area contributed by atoms with E-state index in [1.54, 1.807) is 12.1 Å². The number of benzene rings is 2. The van der Waals surface area contributed by atoms with E-state index >= 15 is 0 Å². The van der Waals surface area contributed by atoms with Crippen LogP contribution in [0.3, 0.4) is 0 Å². The molecular weight excluding hydrogens is 368 g/mol. The summed E-state index contributed by atoms with van der Waals surface area (Å²) >= 11 is 3.41. The molecule has 0 spiro atoms. The summed E-state index contributed by atoms with van der Waals surface area (Å²) in [7, 11) is 0. The molecular formula is C16H17BrO6. The topological polar surface area (TPSA) is 99.4 Å². The summed E-state index contributed by atoms with van der Waals surface area (Å²) in [5, 5.41) is 40.6. The third-order valence-corrected chi connectivity index (χ3v) is 4.37. The zero-order valence-corrected chi connectivity index (χ0v) is 13.6. The number of halogens is 1. The van der Waals surface area contributed by atoms with Crippen LogP contribution in [0.15, 0.2) is 40.9 Å². The van der Waals surface area contributed by atoms with Crippen LogP contribution in [0.25, 0.3) is 10.8 Å². The number of hydrogen-bond donors (Lipinski definition) is 4. The molecule has 1 saturated heterocycles. The Bertz CT molecular complexity index is 691. The Morgan fingerprint density at radius 1 is 0.957 bits per heavy atom. The van der Waals surface area contributed by atoms with Crippen molar-refractivity contribution in [2.45, 2.75) is 30.7 Å². The molecule has 0 aliphatic carbocycles. The molecule has 4 N–H and O–H groups in total. The number of hydrogen-bond acceptors (Lipinski definition) is 6. The standard InChI is InChI=1S/C16H17BrO6/c17-10-3-1-9-6-11(4-2-8(9)5-10)22-16-15(21)14(20)13(19)12(7-18)23-16/h1-6,12-16,18-21H,7H2/t12-,13+,14-,15-,16-/m0/s1. The van der Waals surface area contributed by atoms with E-state index in [1.165, 1.54) is 0 Å². The predicted octanol–water partition coefficient (Wildman–Crippen LogP) is 0.781. The fraction of sp³-hybridized carbons (Fsp3) is 0.375. The van der Waals surface area contributed by atoms with Crippen LogP contribution in [-0.2, 0) is 4.74 Å². The van der Waals surface area contributed by atoms with E-state index in [0.29, 0.717) is 5.75 Å². The van der Waals surface area contributed by atoms with Crippen LogP contribution in [0.2, 0.25) is 0 Å². The Morgan fingerprint density at radius 2 is 1.65 bits per heavy atom. The minimum atomic E-state index is -1.46. The molecule has 0 aromatic heterocycles. The second-order valence-electron chi connectivity index (χ2n) is 5.47. The van der Waals surface area contributed by atoms with Crippen LogP contribution in [0, 0.1) is 0 Å². The molecule has 0 saturated carbocycles. The SMILES string of the molecule is OC[C@@H]1O[C@H](Oc2ccc3cc(Br)ccc3c2)[C@@H](O)[C@@H](O)[C@@H]1O. The van der Waals surface area contributed by atoms with Crippen LogP contribution >= 0.6 is 15.9 Å². The van der Waals surface area contributed by atoms with Crippen LogP contribution in [0.1, 0.15) is 0 Å². The maximum Gasteiger partial charge on any atom is 0.229 e. The molecule has 2 aromatic carbocycles. The molecule has 1 heterocycles. The van der Waals surface area contributed by atoms with Crippen molar-refractivity contribution < 1.29 is 29.9 Å². The lowest BCUT2D eigenvalue weighted by molar-refractivity contribution is -0.277. The third kappa shape index (κ3) is 3.35. The van der Waals surface area contributed by atoms with Gasteiger partial charge in [0.2, 0.25) is 6.29 Å². The van der Waals surface area contributed by atoms with E-state index in [0.717, 1.165) is 15.2 Å². The zero-order chi connectivity index (χ0) is 16.6. The number of ether oxygens (including phenoxy) is 2. The first-order valence-electron chi connectivity index (χ1n) is 7.16. The molecule has 1 fully saturated rings. The fourth-order valence-corrected chi connectivity index (χ4v) is 2.95. The normalized spacial score (nSPS) is 31.3. The highest BCUT2D eigenvalue weighted by atomic mass is 79.9. The molecule has 23 heavy (non-hydrogen) atoms. The van der Waals surface area contributed by atoms with Gasteiger partial charge in [0.05, 0.1) is 6.61 Å². The summed E-state index contributed by atoms with van der Waals surface area (Å²) < 4.78 is 11.9. The quantitative estimate of drug-likeness (QED) is 0.624. The fourth-order valence-electron chi connectivity index (χ4n) is 2.57. The molecule has 0 radical (unpaired) electrons. The molecule has 0 amide bonds. The molecule has 124 valence electrons. The van der Waals surface area contributed by atoms with Crippen molar-refractivity contribution in [1.29, 1.82) is 0 Å². The van der Waals surface area contributed by atoms with Crippen molar-refractivity contribution in [3.05, 3.63) is 40.9 Å². The highest BCUT2D eigenvalue weighted by Crippen LogP contribution is 2.28. The second-order valence-corrected chi connectivity index (χ2v) is 6.38. The van der Waals surface area contributed by atoms with E-state index in [2.05, 4.69) is 15.9 Å².